The van der Waals surface area contributed by atoms with E-state index < -0.39 is 0 Å². The van der Waals surface area contributed by atoms with Crippen molar-refractivity contribution in [3.63, 3.8) is 0 Å². The van der Waals surface area contributed by atoms with Gasteiger partial charge in [0.2, 0.25) is 5.91 Å². The van der Waals surface area contributed by atoms with Crippen LogP contribution in [0.5, 0.6) is 0 Å². The maximum absolute atomic E-state index is 12.3. The van der Waals surface area contributed by atoms with E-state index in [1.54, 1.807) is 4.80 Å². The Hall–Kier alpha value is -1.17. The van der Waals surface area contributed by atoms with E-state index in [1.165, 1.54) is 32.1 Å². The molecule has 7 heteroatoms. The lowest BCUT2D eigenvalue weighted by Crippen LogP contribution is -2.40. The summed E-state index contributed by atoms with van der Waals surface area (Å²) >= 11 is 5.82. The molecule has 1 amide bonds. The Balaban J connectivity index is 1.72. The van der Waals surface area contributed by atoms with Crippen molar-refractivity contribution >= 4 is 17.5 Å². The molecule has 2 fully saturated rings. The first-order valence-electron chi connectivity index (χ1n) is 8.44. The average Bonchev–Trinajstić information content (AvgIpc) is 3.20. The molecule has 1 aromatic heterocycles. The Kier molecular flexibility index (Phi) is 4.38. The fraction of sp³-hybridized carbons (Fsp3) is 0.875. The largest absolute Gasteiger partial charge is 0.333 e. The maximum atomic E-state index is 12.3. The Labute approximate surface area is 142 Å². The third-order valence-electron chi connectivity index (χ3n) is 5.27. The number of carbonyl (C=O) groups is 1. The van der Waals surface area contributed by atoms with Crippen LogP contribution >= 0.6 is 11.6 Å². The van der Waals surface area contributed by atoms with Crippen LogP contribution < -0.4 is 0 Å². The van der Waals surface area contributed by atoms with Gasteiger partial charge in [-0.2, -0.15) is 4.80 Å². The van der Waals surface area contributed by atoms with Crippen LogP contribution in [0, 0.1) is 11.3 Å². The molecule has 2 aliphatic rings. The number of alkyl halides is 1. The molecule has 0 atom stereocenters. The molecule has 0 radical (unpaired) electrons. The summed E-state index contributed by atoms with van der Waals surface area (Å²) in [5.41, 5.74) is 0.0851. The normalized spacial score (nSPS) is 26.7. The van der Waals surface area contributed by atoms with Gasteiger partial charge in [0.15, 0.2) is 5.82 Å². The van der Waals surface area contributed by atoms with E-state index in [0.29, 0.717) is 17.8 Å². The Morgan fingerprint density at radius 1 is 1.39 bits per heavy atom. The van der Waals surface area contributed by atoms with Crippen molar-refractivity contribution in [1.29, 1.82) is 0 Å². The van der Waals surface area contributed by atoms with Crippen LogP contribution in [0.15, 0.2) is 0 Å². The molecular weight excluding hydrogens is 314 g/mol. The Bertz CT molecular complexity index is 571. The summed E-state index contributed by atoms with van der Waals surface area (Å²) in [6.07, 6.45) is 6.32. The van der Waals surface area contributed by atoms with E-state index in [2.05, 4.69) is 15.4 Å². The number of hydrogen-bond donors (Lipinski definition) is 0. The Morgan fingerprint density at radius 3 is 2.57 bits per heavy atom. The van der Waals surface area contributed by atoms with Gasteiger partial charge < -0.3 is 4.90 Å². The molecule has 1 heterocycles. The number of amides is 1. The number of nitrogens with zero attached hydrogens (tertiary/aromatic N) is 5. The predicted octanol–water partition coefficient (Wildman–Crippen LogP) is 2.58. The fourth-order valence-electron chi connectivity index (χ4n) is 4.02. The summed E-state index contributed by atoms with van der Waals surface area (Å²) in [5.74, 6) is 1.42. The van der Waals surface area contributed by atoms with Crippen LogP contribution in [0.2, 0.25) is 0 Å². The second-order valence-electron chi connectivity index (χ2n) is 8.20. The second kappa shape index (κ2) is 6.04. The SMILES string of the molecule is CC(C)(C)n1nnc(CN(CC23CCC(CC2)C3)C(=O)CCl)n1. The minimum Gasteiger partial charge on any atom is -0.333 e. The molecule has 0 saturated heterocycles. The van der Waals surface area contributed by atoms with E-state index >= 15 is 0 Å². The van der Waals surface area contributed by atoms with Crippen molar-refractivity contribution in [2.75, 3.05) is 12.4 Å². The lowest BCUT2D eigenvalue weighted by Gasteiger charge is -2.33. The van der Waals surface area contributed by atoms with Crippen LogP contribution in [0.4, 0.5) is 0 Å². The van der Waals surface area contributed by atoms with Crippen LogP contribution in [0.25, 0.3) is 0 Å². The highest BCUT2D eigenvalue weighted by Crippen LogP contribution is 2.54. The van der Waals surface area contributed by atoms with E-state index in [9.17, 15) is 4.79 Å². The van der Waals surface area contributed by atoms with Gasteiger partial charge in [-0.1, -0.05) is 0 Å². The first-order chi connectivity index (χ1) is 10.8. The third-order valence-corrected chi connectivity index (χ3v) is 5.50. The van der Waals surface area contributed by atoms with E-state index in [0.717, 1.165) is 12.5 Å². The molecule has 0 spiro atoms. The zero-order valence-electron chi connectivity index (χ0n) is 14.3. The smallest absolute Gasteiger partial charge is 0.237 e. The Morgan fingerprint density at radius 2 is 2.09 bits per heavy atom. The number of halogens is 1. The van der Waals surface area contributed by atoms with E-state index in [-0.39, 0.29) is 17.3 Å². The van der Waals surface area contributed by atoms with Gasteiger partial charge in [0.1, 0.15) is 5.88 Å². The van der Waals surface area contributed by atoms with Crippen LogP contribution in [-0.4, -0.2) is 43.4 Å². The summed E-state index contributed by atoms with van der Waals surface area (Å²) in [4.78, 5) is 15.7. The predicted molar refractivity (Wildman–Crippen MR) is 88.0 cm³/mol. The van der Waals surface area contributed by atoms with Gasteiger partial charge >= 0.3 is 0 Å². The standard InChI is InChI=1S/C16H26ClN5O/c1-15(2,3)22-19-13(18-20-22)10-21(14(23)9-17)11-16-6-4-12(8-16)5-7-16/h12H,4-11H2,1-3H3. The number of fused-ring (bicyclic) bond motifs is 2. The van der Waals surface area contributed by atoms with Crippen LogP contribution in [0.1, 0.15) is 58.7 Å². The molecule has 0 N–H and O–H groups in total. The molecular formula is C16H26ClN5O. The topological polar surface area (TPSA) is 63.9 Å². The number of hydrogen-bond acceptors (Lipinski definition) is 4. The molecule has 23 heavy (non-hydrogen) atoms. The van der Waals surface area contributed by atoms with Crippen molar-refractivity contribution in [1.82, 2.24) is 25.1 Å². The van der Waals surface area contributed by atoms with Crippen molar-refractivity contribution in [2.45, 2.75) is 65.0 Å². The minimum atomic E-state index is -0.213. The first kappa shape index (κ1) is 16.7. The zero-order valence-corrected chi connectivity index (χ0v) is 15.0. The van der Waals surface area contributed by atoms with Gasteiger partial charge in [-0.15, -0.1) is 21.8 Å². The molecule has 2 saturated carbocycles. The van der Waals surface area contributed by atoms with Gasteiger partial charge in [0, 0.05) is 6.54 Å². The number of carbonyl (C=O) groups excluding carboxylic acids is 1. The van der Waals surface area contributed by atoms with Crippen LogP contribution in [0.3, 0.4) is 0 Å². The minimum absolute atomic E-state index is 0.00686. The summed E-state index contributed by atoms with van der Waals surface area (Å²) in [7, 11) is 0. The van der Waals surface area contributed by atoms with Crippen molar-refractivity contribution in [3.05, 3.63) is 5.82 Å². The number of aromatic nitrogens is 4. The molecule has 128 valence electrons. The monoisotopic (exact) mass is 339 g/mol. The van der Waals surface area contributed by atoms with E-state index in [4.69, 9.17) is 11.6 Å². The summed E-state index contributed by atoms with van der Waals surface area (Å²) in [6, 6.07) is 0. The molecule has 0 aliphatic heterocycles. The fourth-order valence-corrected chi connectivity index (χ4v) is 4.19. The number of tetrazole rings is 1. The highest BCUT2D eigenvalue weighted by molar-refractivity contribution is 6.27. The van der Waals surface area contributed by atoms with Gasteiger partial charge in [0.05, 0.1) is 12.1 Å². The molecule has 2 bridgehead atoms. The molecule has 2 aliphatic carbocycles. The lowest BCUT2D eigenvalue weighted by molar-refractivity contribution is -0.130. The lowest BCUT2D eigenvalue weighted by atomic mass is 9.83. The van der Waals surface area contributed by atoms with Crippen LogP contribution in [-0.2, 0) is 16.9 Å². The molecule has 3 rings (SSSR count). The summed E-state index contributed by atoms with van der Waals surface area (Å²) in [5, 5.41) is 12.7. The first-order valence-corrected chi connectivity index (χ1v) is 8.98. The second-order valence-corrected chi connectivity index (χ2v) is 8.46. The van der Waals surface area contributed by atoms with Gasteiger partial charge in [-0.3, -0.25) is 4.79 Å². The highest BCUT2D eigenvalue weighted by Gasteiger charge is 2.46. The van der Waals surface area contributed by atoms with Gasteiger partial charge in [-0.25, -0.2) is 0 Å². The van der Waals surface area contributed by atoms with Crippen molar-refractivity contribution in [2.24, 2.45) is 11.3 Å². The quantitative estimate of drug-likeness (QED) is 0.773. The van der Waals surface area contributed by atoms with Gasteiger partial charge in [0.25, 0.3) is 0 Å². The number of rotatable bonds is 5. The molecule has 0 aromatic carbocycles. The third kappa shape index (κ3) is 3.52. The average molecular weight is 340 g/mol. The zero-order chi connectivity index (χ0) is 16.7. The van der Waals surface area contributed by atoms with E-state index in [1.807, 2.05) is 25.7 Å². The molecule has 6 nitrogen and oxygen atoms in total. The van der Waals surface area contributed by atoms with Gasteiger partial charge in [-0.05, 0) is 69.4 Å². The molecule has 0 unspecified atom stereocenters. The highest BCUT2D eigenvalue weighted by atomic mass is 35.5. The van der Waals surface area contributed by atoms with Crippen molar-refractivity contribution in [3.8, 4) is 0 Å². The maximum Gasteiger partial charge on any atom is 0.237 e. The molecule has 1 aromatic rings. The summed E-state index contributed by atoms with van der Waals surface area (Å²) < 4.78 is 0. The summed E-state index contributed by atoms with van der Waals surface area (Å²) in [6.45, 7) is 7.25. The van der Waals surface area contributed by atoms with Crippen molar-refractivity contribution < 1.29 is 4.79 Å².